The fraction of sp³-hybridized carbons (Fsp3) is 0.167. The van der Waals surface area contributed by atoms with Gasteiger partial charge in [0.1, 0.15) is 0 Å². The van der Waals surface area contributed by atoms with E-state index in [1.807, 2.05) is 0 Å². The largest absolute Gasteiger partial charge is 0.502 e. The molecule has 0 fully saturated rings. The minimum Gasteiger partial charge on any atom is -0.502 e. The molecule has 3 nitrogen and oxygen atoms in total. The van der Waals surface area contributed by atoms with Crippen LogP contribution in [-0.2, 0) is 0 Å². The molecule has 1 N–H and O–H groups in total. The number of hydrogen-bond donors (Lipinski definition) is 1. The number of aliphatic hydroxyl groups is 1. The van der Waals surface area contributed by atoms with Crippen LogP contribution in [0, 0.1) is 0 Å². The van der Waals surface area contributed by atoms with E-state index in [9.17, 15) is 0 Å². The average molecular weight is 122 g/mol. The number of aliphatic hydroxyl groups excluding tert-OH is 1. The van der Waals surface area contributed by atoms with Crippen LogP contribution in [0.4, 0.5) is 0 Å². The van der Waals surface area contributed by atoms with Crippen molar-refractivity contribution < 1.29 is 9.90 Å². The summed E-state index contributed by atoms with van der Waals surface area (Å²) in [6.07, 6.45) is 5.50. The van der Waals surface area contributed by atoms with E-state index in [0.717, 1.165) is 0 Å². The maximum absolute atomic E-state index is 8.89. The molecule has 9 heavy (non-hydrogen) atoms. The lowest BCUT2D eigenvalue weighted by Crippen LogP contribution is -2.04. The molecule has 1 aliphatic rings. The molecule has 3 heteroatoms. The van der Waals surface area contributed by atoms with E-state index in [0.29, 0.717) is 12.1 Å². The monoisotopic (exact) mass is 122 g/mol. The van der Waals surface area contributed by atoms with Gasteiger partial charge in [0.2, 0.25) is 5.76 Å². The maximum atomic E-state index is 8.89. The summed E-state index contributed by atoms with van der Waals surface area (Å²) in [5.74, 6) is 0.0417. The van der Waals surface area contributed by atoms with Crippen molar-refractivity contribution in [1.29, 1.82) is 0 Å². The van der Waals surface area contributed by atoms with Gasteiger partial charge in [-0.15, -0.1) is 0 Å². The third-order valence-corrected chi connectivity index (χ3v) is 1.12. The summed E-state index contributed by atoms with van der Waals surface area (Å²) in [6, 6.07) is 0. The van der Waals surface area contributed by atoms with Gasteiger partial charge in [-0.25, -0.2) is 0 Å². The van der Waals surface area contributed by atoms with Crippen molar-refractivity contribution in [2.24, 2.45) is 0 Å². The van der Waals surface area contributed by atoms with E-state index in [1.165, 1.54) is 6.08 Å². The zero-order valence-electron chi connectivity index (χ0n) is 4.78. The molecule has 0 spiro atoms. The van der Waals surface area contributed by atoms with Crippen LogP contribution in [0.2, 0.25) is 0 Å². The Hall–Kier alpha value is -1.34. The van der Waals surface area contributed by atoms with Crippen LogP contribution >= 0.6 is 0 Å². The number of nitrogens with zero attached hydrogens (tertiary/aromatic N) is 2. The van der Waals surface area contributed by atoms with Crippen molar-refractivity contribution >= 4 is 5.71 Å². The lowest BCUT2D eigenvalue weighted by molar-refractivity contribution is -0.00984. The first-order chi connectivity index (χ1) is 4.34. The van der Waals surface area contributed by atoms with Gasteiger partial charge in [0.25, 0.3) is 0 Å². The zero-order chi connectivity index (χ0) is 6.69. The van der Waals surface area contributed by atoms with Crippen molar-refractivity contribution in [3.05, 3.63) is 29.5 Å². The lowest BCUT2D eigenvalue weighted by Gasteiger charge is -1.93. The lowest BCUT2D eigenvalue weighted by atomic mass is 10.1. The third-order valence-electron chi connectivity index (χ3n) is 1.12. The first-order valence-electron chi connectivity index (χ1n) is 2.61. The van der Waals surface area contributed by atoms with Crippen LogP contribution in [-0.4, -0.2) is 15.6 Å². The fourth-order valence-electron chi connectivity index (χ4n) is 0.632. The second kappa shape index (κ2) is 2.29. The van der Waals surface area contributed by atoms with Crippen LogP contribution in [0.25, 0.3) is 5.53 Å². The molecule has 0 aromatic rings. The summed E-state index contributed by atoms with van der Waals surface area (Å²) in [4.78, 5) is 2.88. The second-order valence-corrected chi connectivity index (χ2v) is 1.73. The Bertz CT molecular complexity index is 221. The van der Waals surface area contributed by atoms with Crippen LogP contribution in [0.1, 0.15) is 6.42 Å². The van der Waals surface area contributed by atoms with Crippen LogP contribution in [0.3, 0.4) is 0 Å². The highest BCUT2D eigenvalue weighted by Crippen LogP contribution is 2.02. The molecule has 0 atom stereocenters. The summed E-state index contributed by atoms with van der Waals surface area (Å²) in [7, 11) is 0. The van der Waals surface area contributed by atoms with Crippen molar-refractivity contribution in [2.75, 3.05) is 0 Å². The van der Waals surface area contributed by atoms with Gasteiger partial charge in [0, 0.05) is 0 Å². The summed E-state index contributed by atoms with van der Waals surface area (Å²) in [5.41, 5.74) is 8.53. The van der Waals surface area contributed by atoms with E-state index in [2.05, 4.69) is 4.79 Å². The summed E-state index contributed by atoms with van der Waals surface area (Å²) >= 11 is 0. The predicted molar refractivity (Wildman–Crippen MR) is 33.1 cm³/mol. The Morgan fingerprint density at radius 3 is 2.89 bits per heavy atom. The first kappa shape index (κ1) is 5.79. The van der Waals surface area contributed by atoms with Crippen molar-refractivity contribution in [1.82, 2.24) is 0 Å². The van der Waals surface area contributed by atoms with Crippen LogP contribution < -0.4 is 0 Å². The Balaban J connectivity index is 2.96. The molecule has 0 saturated carbocycles. The molecule has 0 amide bonds. The molecular weight excluding hydrogens is 116 g/mol. The highest BCUT2D eigenvalue weighted by molar-refractivity contribution is 5.95. The SMILES string of the molecule is [N-]=[N+]=C1CC=CC=C1O. The van der Waals surface area contributed by atoms with E-state index in [4.69, 9.17) is 10.6 Å². The topological polar surface area (TPSA) is 56.6 Å². The molecule has 0 aliphatic heterocycles. The molecule has 46 valence electrons. The van der Waals surface area contributed by atoms with Crippen molar-refractivity contribution in [3.63, 3.8) is 0 Å². The first-order valence-corrected chi connectivity index (χ1v) is 2.61. The quantitative estimate of drug-likeness (QED) is 0.379. The summed E-state index contributed by atoms with van der Waals surface area (Å²) < 4.78 is 0. The molecule has 0 bridgehead atoms. The Labute approximate surface area is 52.6 Å². The van der Waals surface area contributed by atoms with Gasteiger partial charge in [0.15, 0.2) is 0 Å². The van der Waals surface area contributed by atoms with E-state index in [1.54, 1.807) is 12.2 Å². The smallest absolute Gasteiger partial charge is 0.336 e. The number of hydrogen-bond acceptors (Lipinski definition) is 1. The van der Waals surface area contributed by atoms with Gasteiger partial charge in [-0.3, -0.25) is 0 Å². The Morgan fingerprint density at radius 2 is 2.44 bits per heavy atom. The minimum absolute atomic E-state index is 0.0417. The minimum atomic E-state index is 0.0417. The van der Waals surface area contributed by atoms with Gasteiger partial charge in [0.05, 0.1) is 6.42 Å². The molecule has 1 rings (SSSR count). The van der Waals surface area contributed by atoms with Crippen LogP contribution in [0.5, 0.6) is 0 Å². The van der Waals surface area contributed by atoms with Gasteiger partial charge >= 0.3 is 5.71 Å². The fourth-order valence-corrected chi connectivity index (χ4v) is 0.632. The van der Waals surface area contributed by atoms with Gasteiger partial charge in [-0.1, -0.05) is 12.2 Å². The van der Waals surface area contributed by atoms with Crippen molar-refractivity contribution in [3.8, 4) is 0 Å². The van der Waals surface area contributed by atoms with E-state index < -0.39 is 0 Å². The predicted octanol–water partition coefficient (Wildman–Crippen LogP) is 1.06. The zero-order valence-corrected chi connectivity index (χ0v) is 4.78. The van der Waals surface area contributed by atoms with Gasteiger partial charge in [-0.2, -0.15) is 4.79 Å². The molecular formula is C6H6N2O. The second-order valence-electron chi connectivity index (χ2n) is 1.73. The Morgan fingerprint density at radius 1 is 1.67 bits per heavy atom. The van der Waals surface area contributed by atoms with Crippen LogP contribution in [0.15, 0.2) is 24.0 Å². The Kier molecular flexibility index (Phi) is 1.47. The highest BCUT2D eigenvalue weighted by atomic mass is 16.3. The van der Waals surface area contributed by atoms with Gasteiger partial charge < -0.3 is 10.6 Å². The molecule has 1 aliphatic carbocycles. The molecule has 0 unspecified atom stereocenters. The highest BCUT2D eigenvalue weighted by Gasteiger charge is 2.13. The number of rotatable bonds is 0. The van der Waals surface area contributed by atoms with E-state index in [-0.39, 0.29) is 5.76 Å². The van der Waals surface area contributed by atoms with Gasteiger partial charge in [-0.05, 0) is 6.08 Å². The normalized spacial score (nSPS) is 16.9. The molecule has 0 aromatic heterocycles. The summed E-state index contributed by atoms with van der Waals surface area (Å²) in [5, 5.41) is 8.89. The molecule has 0 radical (unpaired) electrons. The molecule has 0 aromatic carbocycles. The maximum Gasteiger partial charge on any atom is 0.336 e. The standard InChI is InChI=1S/C6H6N2O/c7-8-5-3-1-2-4-6(5)9/h1-2,4,9H,3H2. The number of allylic oxidation sites excluding steroid dienone is 4. The van der Waals surface area contributed by atoms with E-state index >= 15 is 0 Å². The average Bonchev–Trinajstić information content (AvgIpc) is 1.89. The third kappa shape index (κ3) is 1.06. The summed E-state index contributed by atoms with van der Waals surface area (Å²) in [6.45, 7) is 0. The molecule has 0 heterocycles. The molecule has 0 saturated heterocycles. The van der Waals surface area contributed by atoms with Crippen molar-refractivity contribution in [2.45, 2.75) is 6.42 Å².